The van der Waals surface area contributed by atoms with Gasteiger partial charge in [0.25, 0.3) is 5.91 Å². The summed E-state index contributed by atoms with van der Waals surface area (Å²) in [5.74, 6) is -1.35. The maximum absolute atomic E-state index is 14.2. The van der Waals surface area contributed by atoms with Gasteiger partial charge < -0.3 is 19.2 Å². The van der Waals surface area contributed by atoms with Crippen molar-refractivity contribution in [2.45, 2.75) is 13.0 Å². The Hall–Kier alpha value is -2.67. The molecule has 0 aliphatic carbocycles. The van der Waals surface area contributed by atoms with Crippen LogP contribution in [-0.2, 0) is 4.74 Å². The fourth-order valence-corrected chi connectivity index (χ4v) is 2.69. The molecule has 1 fully saturated rings. The highest BCUT2D eigenvalue weighted by Crippen LogP contribution is 2.28. The number of carboxylic acid groups (broad SMARTS) is 1. The minimum absolute atomic E-state index is 0.171. The number of hydrogen-bond donors (Lipinski definition) is 1. The van der Waals surface area contributed by atoms with Gasteiger partial charge in [-0.3, -0.25) is 4.79 Å². The minimum atomic E-state index is -1.25. The summed E-state index contributed by atoms with van der Waals surface area (Å²) in [6, 6.07) is 6.36. The second-order valence-electron chi connectivity index (χ2n) is 5.54. The van der Waals surface area contributed by atoms with Crippen LogP contribution in [-0.4, -0.2) is 41.6 Å². The van der Waals surface area contributed by atoms with Crippen LogP contribution < -0.4 is 0 Å². The van der Waals surface area contributed by atoms with Gasteiger partial charge in [0, 0.05) is 6.54 Å². The van der Waals surface area contributed by atoms with Gasteiger partial charge in [-0.25, -0.2) is 9.18 Å². The Bertz CT molecular complexity index is 785. The number of hydrogen-bond acceptors (Lipinski definition) is 4. The number of benzene rings is 1. The van der Waals surface area contributed by atoms with E-state index < -0.39 is 23.7 Å². The maximum atomic E-state index is 14.2. The first kappa shape index (κ1) is 16.2. The Balaban J connectivity index is 1.91. The SMILES string of the molecule is Cc1ccc(C2COCCN2C(=O)c2ccc(C(=O)O)cc2F)o1. The average Bonchev–Trinajstić information content (AvgIpc) is 3.00. The van der Waals surface area contributed by atoms with Crippen molar-refractivity contribution in [2.75, 3.05) is 19.8 Å². The summed E-state index contributed by atoms with van der Waals surface area (Å²) in [5, 5.41) is 8.89. The molecule has 1 aliphatic heterocycles. The maximum Gasteiger partial charge on any atom is 0.335 e. The lowest BCUT2D eigenvalue weighted by molar-refractivity contribution is -0.00917. The highest BCUT2D eigenvalue weighted by molar-refractivity contribution is 5.96. The first-order chi connectivity index (χ1) is 11.5. The van der Waals surface area contributed by atoms with Crippen molar-refractivity contribution in [3.8, 4) is 0 Å². The van der Waals surface area contributed by atoms with E-state index in [-0.39, 0.29) is 17.7 Å². The number of aryl methyl sites for hydroxylation is 1. The van der Waals surface area contributed by atoms with E-state index in [2.05, 4.69) is 0 Å². The number of nitrogens with zero attached hydrogens (tertiary/aromatic N) is 1. The summed E-state index contributed by atoms with van der Waals surface area (Å²) in [6.45, 7) is 2.69. The molecule has 1 unspecified atom stereocenters. The number of aromatic carboxylic acids is 1. The molecular weight excluding hydrogens is 317 g/mol. The lowest BCUT2D eigenvalue weighted by Crippen LogP contribution is -2.43. The lowest BCUT2D eigenvalue weighted by atomic mass is 10.1. The van der Waals surface area contributed by atoms with Crippen molar-refractivity contribution in [1.82, 2.24) is 4.90 Å². The van der Waals surface area contributed by atoms with Crippen molar-refractivity contribution >= 4 is 11.9 Å². The Morgan fingerprint density at radius 3 is 2.71 bits per heavy atom. The molecule has 0 bridgehead atoms. The van der Waals surface area contributed by atoms with Crippen molar-refractivity contribution in [2.24, 2.45) is 0 Å². The van der Waals surface area contributed by atoms with Gasteiger partial charge >= 0.3 is 5.97 Å². The second kappa shape index (κ2) is 6.45. The zero-order valence-electron chi connectivity index (χ0n) is 13.0. The molecule has 24 heavy (non-hydrogen) atoms. The molecule has 1 saturated heterocycles. The fraction of sp³-hybridized carbons (Fsp3) is 0.294. The van der Waals surface area contributed by atoms with Crippen LogP contribution >= 0.6 is 0 Å². The Morgan fingerprint density at radius 2 is 2.08 bits per heavy atom. The number of ether oxygens (including phenoxy) is 1. The molecule has 7 heteroatoms. The van der Waals surface area contributed by atoms with Gasteiger partial charge in [0.05, 0.1) is 24.3 Å². The number of rotatable bonds is 3. The van der Waals surface area contributed by atoms with E-state index in [1.54, 1.807) is 19.1 Å². The van der Waals surface area contributed by atoms with E-state index in [4.69, 9.17) is 14.3 Å². The number of amides is 1. The topological polar surface area (TPSA) is 80.0 Å². The van der Waals surface area contributed by atoms with Gasteiger partial charge in [0.2, 0.25) is 0 Å². The summed E-state index contributed by atoms with van der Waals surface area (Å²) in [4.78, 5) is 25.1. The van der Waals surface area contributed by atoms with Gasteiger partial charge in [-0.05, 0) is 37.3 Å². The number of carbonyl (C=O) groups is 2. The van der Waals surface area contributed by atoms with E-state index in [1.807, 2.05) is 0 Å². The quantitative estimate of drug-likeness (QED) is 0.934. The first-order valence-electron chi connectivity index (χ1n) is 7.45. The molecule has 1 aromatic heterocycles. The smallest absolute Gasteiger partial charge is 0.335 e. The van der Waals surface area contributed by atoms with Crippen molar-refractivity contribution in [1.29, 1.82) is 0 Å². The predicted octanol–water partition coefficient (Wildman–Crippen LogP) is 2.64. The van der Waals surface area contributed by atoms with E-state index in [9.17, 15) is 14.0 Å². The van der Waals surface area contributed by atoms with Crippen LogP contribution in [0, 0.1) is 12.7 Å². The molecule has 2 aromatic rings. The second-order valence-corrected chi connectivity index (χ2v) is 5.54. The van der Waals surface area contributed by atoms with Crippen LogP contribution in [0.3, 0.4) is 0 Å². The van der Waals surface area contributed by atoms with Gasteiger partial charge in [-0.1, -0.05) is 0 Å². The summed E-state index contributed by atoms with van der Waals surface area (Å²) in [5.41, 5.74) is -0.376. The van der Waals surface area contributed by atoms with E-state index in [0.29, 0.717) is 24.7 Å². The molecule has 1 N–H and O–H groups in total. The predicted molar refractivity (Wildman–Crippen MR) is 81.4 cm³/mol. The molecule has 126 valence electrons. The van der Waals surface area contributed by atoms with Gasteiger partial charge in [0.1, 0.15) is 23.4 Å². The minimum Gasteiger partial charge on any atom is -0.478 e. The average molecular weight is 333 g/mol. The van der Waals surface area contributed by atoms with Crippen LogP contribution in [0.4, 0.5) is 4.39 Å². The molecule has 1 amide bonds. The monoisotopic (exact) mass is 333 g/mol. The number of carbonyl (C=O) groups excluding carboxylic acids is 1. The van der Waals surface area contributed by atoms with Crippen molar-refractivity contribution in [3.63, 3.8) is 0 Å². The number of morpholine rings is 1. The Labute approximate surface area is 137 Å². The zero-order valence-corrected chi connectivity index (χ0v) is 13.0. The summed E-state index contributed by atoms with van der Waals surface area (Å²) < 4.78 is 25.2. The first-order valence-corrected chi connectivity index (χ1v) is 7.45. The summed E-state index contributed by atoms with van der Waals surface area (Å²) in [7, 11) is 0. The number of furan rings is 1. The Kier molecular flexibility index (Phi) is 4.35. The molecular formula is C17H16FNO5. The van der Waals surface area contributed by atoms with Crippen LogP contribution in [0.1, 0.15) is 38.3 Å². The van der Waals surface area contributed by atoms with E-state index >= 15 is 0 Å². The van der Waals surface area contributed by atoms with E-state index in [1.165, 1.54) is 17.0 Å². The standard InChI is InChI=1S/C17H16FNO5/c1-10-2-5-15(24-10)14-9-23-7-6-19(14)16(20)12-4-3-11(17(21)22)8-13(12)18/h2-5,8,14H,6-7,9H2,1H3,(H,21,22). The molecule has 3 rings (SSSR count). The van der Waals surface area contributed by atoms with Gasteiger partial charge in [-0.2, -0.15) is 0 Å². The molecule has 6 nitrogen and oxygen atoms in total. The van der Waals surface area contributed by atoms with Crippen molar-refractivity contribution in [3.05, 3.63) is 58.8 Å². The highest BCUT2D eigenvalue weighted by atomic mass is 19.1. The third-order valence-corrected chi connectivity index (χ3v) is 3.93. The molecule has 1 aromatic carbocycles. The summed E-state index contributed by atoms with van der Waals surface area (Å²) in [6.07, 6.45) is 0. The summed E-state index contributed by atoms with van der Waals surface area (Å²) >= 11 is 0. The Morgan fingerprint density at radius 1 is 1.29 bits per heavy atom. The molecule has 1 atom stereocenters. The zero-order chi connectivity index (χ0) is 17.3. The van der Waals surface area contributed by atoms with E-state index in [0.717, 1.165) is 6.07 Å². The third kappa shape index (κ3) is 3.03. The van der Waals surface area contributed by atoms with Crippen LogP contribution in [0.15, 0.2) is 34.7 Å². The van der Waals surface area contributed by atoms with Crippen LogP contribution in [0.2, 0.25) is 0 Å². The number of carboxylic acids is 1. The molecule has 0 radical (unpaired) electrons. The molecule has 2 heterocycles. The van der Waals surface area contributed by atoms with Crippen molar-refractivity contribution < 1.29 is 28.2 Å². The van der Waals surface area contributed by atoms with Crippen LogP contribution in [0.5, 0.6) is 0 Å². The third-order valence-electron chi connectivity index (χ3n) is 3.93. The fourth-order valence-electron chi connectivity index (χ4n) is 2.69. The normalized spacial score (nSPS) is 17.8. The molecule has 0 saturated carbocycles. The lowest BCUT2D eigenvalue weighted by Gasteiger charge is -2.34. The van der Waals surface area contributed by atoms with Gasteiger partial charge in [-0.15, -0.1) is 0 Å². The van der Waals surface area contributed by atoms with Gasteiger partial charge in [0.15, 0.2) is 0 Å². The highest BCUT2D eigenvalue weighted by Gasteiger charge is 2.32. The molecule has 1 aliphatic rings. The largest absolute Gasteiger partial charge is 0.478 e. The number of halogens is 1. The molecule has 0 spiro atoms. The van der Waals surface area contributed by atoms with Crippen LogP contribution in [0.25, 0.3) is 0 Å².